The van der Waals surface area contributed by atoms with Crippen LogP contribution in [0.2, 0.25) is 0 Å². The van der Waals surface area contributed by atoms with Crippen molar-refractivity contribution in [2.24, 2.45) is 17.6 Å². The molecule has 2 atom stereocenters. The molecule has 2 unspecified atom stereocenters. The molecule has 1 fully saturated rings. The fourth-order valence-electron chi connectivity index (χ4n) is 2.36. The van der Waals surface area contributed by atoms with Gasteiger partial charge in [0, 0.05) is 12.5 Å². The van der Waals surface area contributed by atoms with Crippen molar-refractivity contribution in [3.8, 4) is 0 Å². The minimum atomic E-state index is 0.163. The third kappa shape index (κ3) is 5.50. The summed E-state index contributed by atoms with van der Waals surface area (Å²) in [7, 11) is 0. The highest BCUT2D eigenvalue weighted by Crippen LogP contribution is 2.28. The Hall–Kier alpha value is -0.610. The zero-order valence-corrected chi connectivity index (χ0v) is 11.1. The molecule has 1 aliphatic rings. The molecule has 100 valence electrons. The van der Waals surface area contributed by atoms with Gasteiger partial charge in [-0.2, -0.15) is 0 Å². The van der Waals surface area contributed by atoms with Crippen molar-refractivity contribution in [1.82, 2.24) is 5.32 Å². The number of carbonyl (C=O) groups excluding carboxylic acids is 1. The number of ether oxygens (including phenoxy) is 1. The molecule has 4 heteroatoms. The molecule has 0 aliphatic heterocycles. The quantitative estimate of drug-likeness (QED) is 0.690. The van der Waals surface area contributed by atoms with Crippen molar-refractivity contribution >= 4 is 5.91 Å². The van der Waals surface area contributed by atoms with Crippen LogP contribution in [0.4, 0.5) is 0 Å². The van der Waals surface area contributed by atoms with Gasteiger partial charge in [-0.05, 0) is 45.6 Å². The van der Waals surface area contributed by atoms with Gasteiger partial charge < -0.3 is 15.8 Å². The summed E-state index contributed by atoms with van der Waals surface area (Å²) in [5.41, 5.74) is 5.67. The Labute approximate surface area is 104 Å². The van der Waals surface area contributed by atoms with Crippen molar-refractivity contribution in [3.63, 3.8) is 0 Å². The van der Waals surface area contributed by atoms with E-state index in [1.54, 1.807) is 0 Å². The Morgan fingerprint density at radius 1 is 1.47 bits per heavy atom. The van der Waals surface area contributed by atoms with E-state index >= 15 is 0 Å². The number of hydrogen-bond donors (Lipinski definition) is 2. The Morgan fingerprint density at radius 2 is 2.24 bits per heavy atom. The summed E-state index contributed by atoms with van der Waals surface area (Å²) >= 11 is 0. The van der Waals surface area contributed by atoms with Crippen LogP contribution in [0.5, 0.6) is 0 Å². The maximum Gasteiger partial charge on any atom is 0.223 e. The SMILES string of the molecule is CC(C)OCCNC(=O)C1CCCC(CN)C1. The fourth-order valence-corrected chi connectivity index (χ4v) is 2.36. The van der Waals surface area contributed by atoms with E-state index in [1.165, 1.54) is 6.42 Å². The van der Waals surface area contributed by atoms with Gasteiger partial charge in [0.15, 0.2) is 0 Å². The van der Waals surface area contributed by atoms with E-state index in [2.05, 4.69) is 5.32 Å². The molecular formula is C13H26N2O2. The Bertz CT molecular complexity index is 231. The summed E-state index contributed by atoms with van der Waals surface area (Å²) < 4.78 is 5.39. The second-order valence-electron chi connectivity index (χ2n) is 5.18. The van der Waals surface area contributed by atoms with Gasteiger partial charge in [0.1, 0.15) is 0 Å². The minimum Gasteiger partial charge on any atom is -0.377 e. The summed E-state index contributed by atoms with van der Waals surface area (Å²) in [5, 5.41) is 2.95. The highest BCUT2D eigenvalue weighted by atomic mass is 16.5. The van der Waals surface area contributed by atoms with E-state index in [4.69, 9.17) is 10.5 Å². The van der Waals surface area contributed by atoms with Crippen LogP contribution in [-0.4, -0.2) is 31.7 Å². The highest BCUT2D eigenvalue weighted by Gasteiger charge is 2.26. The van der Waals surface area contributed by atoms with E-state index in [9.17, 15) is 4.79 Å². The molecule has 0 heterocycles. The molecule has 1 saturated carbocycles. The molecule has 3 N–H and O–H groups in total. The van der Waals surface area contributed by atoms with Gasteiger partial charge in [0.25, 0.3) is 0 Å². The van der Waals surface area contributed by atoms with Crippen LogP contribution < -0.4 is 11.1 Å². The van der Waals surface area contributed by atoms with E-state index in [0.29, 0.717) is 25.6 Å². The number of nitrogens with one attached hydrogen (secondary N) is 1. The van der Waals surface area contributed by atoms with Gasteiger partial charge in [-0.25, -0.2) is 0 Å². The Kier molecular flexibility index (Phi) is 6.52. The van der Waals surface area contributed by atoms with E-state index in [0.717, 1.165) is 19.3 Å². The second kappa shape index (κ2) is 7.67. The van der Waals surface area contributed by atoms with Gasteiger partial charge in [0.05, 0.1) is 12.7 Å². The fraction of sp³-hybridized carbons (Fsp3) is 0.923. The number of nitrogens with two attached hydrogens (primary N) is 1. The lowest BCUT2D eigenvalue weighted by Crippen LogP contribution is -2.37. The van der Waals surface area contributed by atoms with Crippen molar-refractivity contribution in [2.45, 2.75) is 45.6 Å². The first kappa shape index (κ1) is 14.5. The van der Waals surface area contributed by atoms with Gasteiger partial charge in [-0.1, -0.05) is 6.42 Å². The smallest absolute Gasteiger partial charge is 0.223 e. The molecule has 0 bridgehead atoms. The van der Waals surface area contributed by atoms with Crippen LogP contribution in [0.25, 0.3) is 0 Å². The maximum atomic E-state index is 11.9. The average Bonchev–Trinajstić information content (AvgIpc) is 2.34. The monoisotopic (exact) mass is 242 g/mol. The first-order valence-electron chi connectivity index (χ1n) is 6.72. The lowest BCUT2D eigenvalue weighted by atomic mass is 9.81. The van der Waals surface area contributed by atoms with E-state index in [-0.39, 0.29) is 17.9 Å². The van der Waals surface area contributed by atoms with E-state index < -0.39 is 0 Å². The highest BCUT2D eigenvalue weighted by molar-refractivity contribution is 5.78. The predicted molar refractivity (Wildman–Crippen MR) is 68.6 cm³/mol. The predicted octanol–water partition coefficient (Wildman–Crippen LogP) is 1.29. The molecular weight excluding hydrogens is 216 g/mol. The minimum absolute atomic E-state index is 0.163. The van der Waals surface area contributed by atoms with Crippen molar-refractivity contribution in [1.29, 1.82) is 0 Å². The van der Waals surface area contributed by atoms with Crippen molar-refractivity contribution < 1.29 is 9.53 Å². The molecule has 1 amide bonds. The summed E-state index contributed by atoms with van der Waals surface area (Å²) in [6.45, 7) is 5.90. The zero-order chi connectivity index (χ0) is 12.7. The molecule has 0 aromatic carbocycles. The lowest BCUT2D eigenvalue weighted by Gasteiger charge is -2.27. The average molecular weight is 242 g/mol. The summed E-state index contributed by atoms with van der Waals surface area (Å²) in [6.07, 6.45) is 4.49. The maximum absolute atomic E-state index is 11.9. The largest absolute Gasteiger partial charge is 0.377 e. The van der Waals surface area contributed by atoms with Crippen LogP contribution in [0.15, 0.2) is 0 Å². The van der Waals surface area contributed by atoms with Crippen molar-refractivity contribution in [2.75, 3.05) is 19.7 Å². The van der Waals surface area contributed by atoms with Gasteiger partial charge in [0.2, 0.25) is 5.91 Å². The molecule has 0 radical (unpaired) electrons. The molecule has 1 rings (SSSR count). The lowest BCUT2D eigenvalue weighted by molar-refractivity contribution is -0.126. The first-order valence-corrected chi connectivity index (χ1v) is 6.72. The van der Waals surface area contributed by atoms with Crippen LogP contribution in [0, 0.1) is 11.8 Å². The summed E-state index contributed by atoms with van der Waals surface area (Å²) in [6, 6.07) is 0. The summed E-state index contributed by atoms with van der Waals surface area (Å²) in [4.78, 5) is 11.9. The van der Waals surface area contributed by atoms with Gasteiger partial charge in [-0.3, -0.25) is 4.79 Å². The topological polar surface area (TPSA) is 64.3 Å². The molecule has 0 spiro atoms. The van der Waals surface area contributed by atoms with Crippen LogP contribution in [0.1, 0.15) is 39.5 Å². The zero-order valence-electron chi connectivity index (χ0n) is 11.1. The number of hydrogen-bond acceptors (Lipinski definition) is 3. The van der Waals surface area contributed by atoms with E-state index in [1.807, 2.05) is 13.8 Å². The Morgan fingerprint density at radius 3 is 2.88 bits per heavy atom. The molecule has 4 nitrogen and oxygen atoms in total. The number of rotatable bonds is 6. The van der Waals surface area contributed by atoms with Crippen LogP contribution in [0.3, 0.4) is 0 Å². The van der Waals surface area contributed by atoms with Gasteiger partial charge >= 0.3 is 0 Å². The standard InChI is InChI=1S/C13H26N2O2/c1-10(2)17-7-6-15-13(16)12-5-3-4-11(8-12)9-14/h10-12H,3-9,14H2,1-2H3,(H,15,16). The molecule has 17 heavy (non-hydrogen) atoms. The molecule has 0 saturated heterocycles. The normalized spacial score (nSPS) is 24.9. The summed E-state index contributed by atoms with van der Waals surface area (Å²) in [5.74, 6) is 0.873. The third-order valence-corrected chi connectivity index (χ3v) is 3.34. The Balaban J connectivity index is 2.18. The number of carbonyl (C=O) groups is 1. The first-order chi connectivity index (χ1) is 8.13. The van der Waals surface area contributed by atoms with Crippen molar-refractivity contribution in [3.05, 3.63) is 0 Å². The second-order valence-corrected chi connectivity index (χ2v) is 5.18. The number of amides is 1. The molecule has 0 aromatic rings. The van der Waals surface area contributed by atoms with Crippen LogP contribution >= 0.6 is 0 Å². The van der Waals surface area contributed by atoms with Crippen LogP contribution in [-0.2, 0) is 9.53 Å². The van der Waals surface area contributed by atoms with Gasteiger partial charge in [-0.15, -0.1) is 0 Å². The third-order valence-electron chi connectivity index (χ3n) is 3.34. The molecule has 0 aromatic heterocycles. The molecule has 1 aliphatic carbocycles.